The van der Waals surface area contributed by atoms with Crippen LogP contribution in [0.5, 0.6) is 0 Å². The molecule has 0 amide bonds. The van der Waals surface area contributed by atoms with Crippen molar-refractivity contribution in [3.8, 4) is 0 Å². The standard InChI is InChI=1S/C14H16ClFN2O2S/c1-9(15)14-17-13-11(16)3-2-4-12(13)18(14)10-5-7-21(19,20)8-6-10/h2-4,9-10H,5-8H2,1H3. The highest BCUT2D eigenvalue weighted by Crippen LogP contribution is 2.34. The molecule has 1 aromatic carbocycles. The Hall–Kier alpha value is -1.14. The number of benzene rings is 1. The van der Waals surface area contributed by atoms with Crippen LogP contribution in [0.4, 0.5) is 4.39 Å². The Kier molecular flexibility index (Phi) is 3.69. The second kappa shape index (κ2) is 5.25. The molecule has 1 aliphatic heterocycles. The summed E-state index contributed by atoms with van der Waals surface area (Å²) in [6.07, 6.45) is 1.03. The number of aromatic nitrogens is 2. The van der Waals surface area contributed by atoms with E-state index in [2.05, 4.69) is 4.98 Å². The maximum absolute atomic E-state index is 13.9. The molecule has 0 bridgehead atoms. The first kappa shape index (κ1) is 14.8. The maximum atomic E-state index is 13.9. The maximum Gasteiger partial charge on any atom is 0.151 e. The summed E-state index contributed by atoms with van der Waals surface area (Å²) < 4.78 is 39.0. The van der Waals surface area contributed by atoms with Gasteiger partial charge in [-0.2, -0.15) is 0 Å². The minimum absolute atomic E-state index is 0.00322. The molecule has 0 saturated carbocycles. The average Bonchev–Trinajstić information content (AvgIpc) is 2.80. The fourth-order valence-electron chi connectivity index (χ4n) is 2.90. The van der Waals surface area contributed by atoms with Crippen LogP contribution in [-0.4, -0.2) is 29.5 Å². The quantitative estimate of drug-likeness (QED) is 0.794. The van der Waals surface area contributed by atoms with Gasteiger partial charge in [0, 0.05) is 6.04 Å². The van der Waals surface area contributed by atoms with Crippen LogP contribution in [0.25, 0.3) is 11.0 Å². The average molecular weight is 331 g/mol. The van der Waals surface area contributed by atoms with E-state index >= 15 is 0 Å². The lowest BCUT2D eigenvalue weighted by molar-refractivity contribution is 0.446. The number of hydrogen-bond donors (Lipinski definition) is 0. The largest absolute Gasteiger partial charge is 0.323 e. The molecule has 2 aromatic rings. The van der Waals surface area contributed by atoms with Gasteiger partial charge in [0.05, 0.1) is 22.4 Å². The molecule has 0 aliphatic carbocycles. The minimum Gasteiger partial charge on any atom is -0.323 e. The summed E-state index contributed by atoms with van der Waals surface area (Å²) >= 11 is 6.18. The molecule has 4 nitrogen and oxygen atoms in total. The summed E-state index contributed by atoms with van der Waals surface area (Å²) in [6, 6.07) is 4.81. The predicted molar refractivity (Wildman–Crippen MR) is 80.9 cm³/mol. The number of nitrogens with zero attached hydrogens (tertiary/aromatic N) is 2. The van der Waals surface area contributed by atoms with Crippen molar-refractivity contribution in [2.24, 2.45) is 0 Å². The molecule has 1 fully saturated rings. The van der Waals surface area contributed by atoms with Gasteiger partial charge >= 0.3 is 0 Å². The lowest BCUT2D eigenvalue weighted by atomic mass is 10.1. The Morgan fingerprint density at radius 3 is 2.67 bits per heavy atom. The Morgan fingerprint density at radius 1 is 1.38 bits per heavy atom. The van der Waals surface area contributed by atoms with Crippen molar-refractivity contribution in [2.45, 2.75) is 31.2 Å². The minimum atomic E-state index is -2.94. The van der Waals surface area contributed by atoms with Crippen LogP contribution in [0.2, 0.25) is 0 Å². The lowest BCUT2D eigenvalue weighted by Gasteiger charge is -2.26. The monoisotopic (exact) mass is 330 g/mol. The van der Waals surface area contributed by atoms with E-state index in [0.29, 0.717) is 29.7 Å². The van der Waals surface area contributed by atoms with E-state index in [1.165, 1.54) is 6.07 Å². The third-order valence-electron chi connectivity index (χ3n) is 3.94. The van der Waals surface area contributed by atoms with Crippen molar-refractivity contribution in [1.82, 2.24) is 9.55 Å². The van der Waals surface area contributed by atoms with Gasteiger partial charge in [-0.3, -0.25) is 0 Å². The number of sulfone groups is 1. The molecule has 1 unspecified atom stereocenters. The molecule has 1 saturated heterocycles. The van der Waals surface area contributed by atoms with Crippen LogP contribution >= 0.6 is 11.6 Å². The van der Waals surface area contributed by atoms with E-state index in [0.717, 1.165) is 0 Å². The SMILES string of the molecule is CC(Cl)c1nc2c(F)cccc2n1C1CCS(=O)(=O)CC1. The van der Waals surface area contributed by atoms with Crippen LogP contribution in [0.3, 0.4) is 0 Å². The van der Waals surface area contributed by atoms with Crippen molar-refractivity contribution >= 4 is 32.5 Å². The van der Waals surface area contributed by atoms with E-state index < -0.39 is 9.84 Å². The van der Waals surface area contributed by atoms with E-state index in [9.17, 15) is 12.8 Å². The first-order chi connectivity index (χ1) is 9.89. The van der Waals surface area contributed by atoms with Crippen molar-refractivity contribution in [3.63, 3.8) is 0 Å². The zero-order valence-electron chi connectivity index (χ0n) is 11.6. The fraction of sp³-hybridized carbons (Fsp3) is 0.500. The number of hydrogen-bond acceptors (Lipinski definition) is 3. The highest BCUT2D eigenvalue weighted by atomic mass is 35.5. The summed E-state index contributed by atoms with van der Waals surface area (Å²) in [7, 11) is -2.94. The van der Waals surface area contributed by atoms with E-state index in [1.54, 1.807) is 19.1 Å². The second-order valence-corrected chi connectivity index (χ2v) is 8.40. The van der Waals surface area contributed by atoms with E-state index in [1.807, 2.05) is 4.57 Å². The van der Waals surface area contributed by atoms with Gasteiger partial charge in [0.2, 0.25) is 0 Å². The summed E-state index contributed by atoms with van der Waals surface area (Å²) in [5, 5.41) is -0.365. The number of para-hydroxylation sites is 1. The Morgan fingerprint density at radius 2 is 2.05 bits per heavy atom. The highest BCUT2D eigenvalue weighted by Gasteiger charge is 2.29. The summed E-state index contributed by atoms with van der Waals surface area (Å²) in [6.45, 7) is 1.79. The Bertz CT molecular complexity index is 772. The molecule has 3 rings (SSSR count). The lowest BCUT2D eigenvalue weighted by Crippen LogP contribution is -2.26. The molecule has 114 valence electrons. The zero-order valence-corrected chi connectivity index (χ0v) is 13.2. The molecule has 1 aromatic heterocycles. The first-order valence-corrected chi connectivity index (χ1v) is 9.15. The van der Waals surface area contributed by atoms with E-state index in [-0.39, 0.29) is 28.7 Å². The van der Waals surface area contributed by atoms with Crippen LogP contribution in [0.15, 0.2) is 18.2 Å². The molecule has 2 heterocycles. The normalized spacial score (nSPS) is 20.7. The topological polar surface area (TPSA) is 52.0 Å². The Balaban J connectivity index is 2.12. The van der Waals surface area contributed by atoms with Gasteiger partial charge in [-0.15, -0.1) is 11.6 Å². The smallest absolute Gasteiger partial charge is 0.151 e. The third-order valence-corrected chi connectivity index (χ3v) is 5.85. The van der Waals surface area contributed by atoms with E-state index in [4.69, 9.17) is 11.6 Å². The fourth-order valence-corrected chi connectivity index (χ4v) is 4.52. The molecule has 0 N–H and O–H groups in total. The molecule has 7 heteroatoms. The summed E-state index contributed by atoms with van der Waals surface area (Å²) in [5.74, 6) is 0.528. The van der Waals surface area contributed by atoms with Crippen LogP contribution in [-0.2, 0) is 9.84 Å². The van der Waals surface area contributed by atoms with Crippen LogP contribution in [0.1, 0.15) is 37.0 Å². The molecular formula is C14H16ClFN2O2S. The van der Waals surface area contributed by atoms with Gasteiger partial charge in [0.15, 0.2) is 5.82 Å². The molecule has 0 spiro atoms. The predicted octanol–water partition coefficient (Wildman–Crippen LogP) is 3.22. The van der Waals surface area contributed by atoms with Gasteiger partial charge in [-0.25, -0.2) is 17.8 Å². The molecule has 1 atom stereocenters. The van der Waals surface area contributed by atoms with Crippen molar-refractivity contribution < 1.29 is 12.8 Å². The van der Waals surface area contributed by atoms with Crippen molar-refractivity contribution in [2.75, 3.05) is 11.5 Å². The zero-order chi connectivity index (χ0) is 15.2. The number of halogens is 2. The van der Waals surface area contributed by atoms with Gasteiger partial charge in [-0.05, 0) is 31.9 Å². The molecule has 1 aliphatic rings. The van der Waals surface area contributed by atoms with Gasteiger partial charge in [0.25, 0.3) is 0 Å². The first-order valence-electron chi connectivity index (χ1n) is 6.90. The Labute approximate surface area is 127 Å². The second-order valence-electron chi connectivity index (χ2n) is 5.45. The molecule has 21 heavy (non-hydrogen) atoms. The van der Waals surface area contributed by atoms with Gasteiger partial charge in [-0.1, -0.05) is 6.07 Å². The number of rotatable bonds is 2. The van der Waals surface area contributed by atoms with Crippen LogP contribution in [0, 0.1) is 5.82 Å². The number of alkyl halides is 1. The summed E-state index contributed by atoms with van der Waals surface area (Å²) in [4.78, 5) is 4.33. The van der Waals surface area contributed by atoms with Crippen molar-refractivity contribution in [1.29, 1.82) is 0 Å². The van der Waals surface area contributed by atoms with Gasteiger partial charge < -0.3 is 4.57 Å². The molecular weight excluding hydrogens is 315 g/mol. The van der Waals surface area contributed by atoms with Gasteiger partial charge in [0.1, 0.15) is 21.2 Å². The number of fused-ring (bicyclic) bond motifs is 1. The highest BCUT2D eigenvalue weighted by molar-refractivity contribution is 7.91. The summed E-state index contributed by atoms with van der Waals surface area (Å²) in [5.41, 5.74) is 0.982. The molecule has 0 radical (unpaired) electrons. The number of imidazole rings is 1. The van der Waals surface area contributed by atoms with Crippen molar-refractivity contribution in [3.05, 3.63) is 29.8 Å². The third kappa shape index (κ3) is 2.66. The van der Waals surface area contributed by atoms with Crippen LogP contribution < -0.4 is 0 Å².